The summed E-state index contributed by atoms with van der Waals surface area (Å²) < 4.78 is 3.96. The van der Waals surface area contributed by atoms with Crippen molar-refractivity contribution in [3.8, 4) is 6.07 Å². The van der Waals surface area contributed by atoms with Gasteiger partial charge in [-0.3, -0.25) is 14.9 Å². The molecule has 114 valence electrons. The second kappa shape index (κ2) is 7.87. The van der Waals surface area contributed by atoms with Crippen LogP contribution < -0.4 is 0 Å². The third-order valence-corrected chi connectivity index (χ3v) is 3.67. The minimum absolute atomic E-state index is 0.0132. The van der Waals surface area contributed by atoms with Crippen molar-refractivity contribution in [1.82, 2.24) is 0 Å². The zero-order valence-electron chi connectivity index (χ0n) is 11.9. The monoisotopic (exact) mass is 325 g/mol. The van der Waals surface area contributed by atoms with Crippen LogP contribution in [-0.2, 0) is 5.75 Å². The van der Waals surface area contributed by atoms with E-state index in [9.17, 15) is 14.9 Å². The summed E-state index contributed by atoms with van der Waals surface area (Å²) in [5, 5.41) is 19.6. The molecule has 0 fully saturated rings. The molecule has 0 bridgehead atoms. The summed E-state index contributed by atoms with van der Waals surface area (Å²) in [6.45, 7) is 0. The molecular weight excluding hydrogens is 314 g/mol. The highest BCUT2D eigenvalue weighted by Crippen LogP contribution is 2.18. The lowest BCUT2D eigenvalue weighted by molar-refractivity contribution is -0.384. The Kier molecular flexibility index (Phi) is 5.61. The number of Topliss-reactive ketones (excluding diaryl/α,β-unsaturated/α-hetero) is 1. The number of nitriles is 1. The number of benzene rings is 2. The van der Waals surface area contributed by atoms with E-state index in [4.69, 9.17) is 5.26 Å². The van der Waals surface area contributed by atoms with Crippen LogP contribution in [0.4, 0.5) is 5.69 Å². The Labute approximate surface area is 136 Å². The summed E-state index contributed by atoms with van der Waals surface area (Å²) in [7, 11) is 0. The summed E-state index contributed by atoms with van der Waals surface area (Å²) in [5.74, 6) is -0.0186. The van der Waals surface area contributed by atoms with Crippen LogP contribution in [-0.4, -0.2) is 16.4 Å². The summed E-state index contributed by atoms with van der Waals surface area (Å²) in [6, 6.07) is 16.3. The van der Waals surface area contributed by atoms with Crippen LogP contribution in [0.25, 0.3) is 0 Å². The predicted octanol–water partition coefficient (Wildman–Crippen LogP) is 3.59. The van der Waals surface area contributed by atoms with Gasteiger partial charge in [0.05, 0.1) is 4.92 Å². The Bertz CT molecular complexity index is 780. The van der Waals surface area contributed by atoms with Crippen molar-refractivity contribution >= 4 is 29.1 Å². The lowest BCUT2D eigenvalue weighted by Gasteiger charge is -1.99. The standard InChI is InChI=1S/C16H11N3O3S/c17-10-15(16(20)13-4-2-1-3-5-13)18-23-11-12-6-8-14(9-7-12)19(21)22/h1-9H,11H2/b18-15+. The van der Waals surface area contributed by atoms with Gasteiger partial charge in [-0.25, -0.2) is 4.40 Å². The third kappa shape index (κ3) is 4.49. The summed E-state index contributed by atoms with van der Waals surface area (Å²) in [4.78, 5) is 22.2. The summed E-state index contributed by atoms with van der Waals surface area (Å²) >= 11 is 1.05. The second-order valence-corrected chi connectivity index (χ2v) is 5.17. The Morgan fingerprint density at radius 2 is 1.83 bits per heavy atom. The van der Waals surface area contributed by atoms with Crippen molar-refractivity contribution in [3.05, 3.63) is 75.8 Å². The molecule has 0 amide bonds. The van der Waals surface area contributed by atoms with Crippen LogP contribution >= 0.6 is 11.9 Å². The zero-order chi connectivity index (χ0) is 16.7. The molecule has 2 aromatic rings. The van der Waals surface area contributed by atoms with Gasteiger partial charge in [0, 0.05) is 23.4 Å². The first-order valence-corrected chi connectivity index (χ1v) is 7.49. The van der Waals surface area contributed by atoms with Crippen molar-refractivity contribution in [2.75, 3.05) is 0 Å². The Balaban J connectivity index is 2.02. The van der Waals surface area contributed by atoms with E-state index in [1.807, 2.05) is 0 Å². The van der Waals surface area contributed by atoms with E-state index in [0.717, 1.165) is 17.5 Å². The molecule has 6 nitrogen and oxygen atoms in total. The number of non-ortho nitro benzene ring substituents is 1. The molecule has 7 heteroatoms. The van der Waals surface area contributed by atoms with E-state index in [1.165, 1.54) is 12.1 Å². The van der Waals surface area contributed by atoms with Crippen molar-refractivity contribution in [3.63, 3.8) is 0 Å². The first kappa shape index (κ1) is 16.4. The minimum atomic E-state index is -0.471. The van der Waals surface area contributed by atoms with Crippen LogP contribution in [0.1, 0.15) is 15.9 Å². The van der Waals surface area contributed by atoms with Crippen LogP contribution in [0.15, 0.2) is 59.0 Å². The third-order valence-electron chi connectivity index (χ3n) is 2.89. The van der Waals surface area contributed by atoms with Gasteiger partial charge in [0.25, 0.3) is 5.69 Å². The molecule has 0 aromatic heterocycles. The van der Waals surface area contributed by atoms with E-state index < -0.39 is 10.7 Å². The number of nitro benzene ring substituents is 1. The van der Waals surface area contributed by atoms with E-state index in [2.05, 4.69) is 4.40 Å². The number of nitro groups is 1. The quantitative estimate of drug-likeness (QED) is 0.266. The predicted molar refractivity (Wildman–Crippen MR) is 88.2 cm³/mol. The van der Waals surface area contributed by atoms with Gasteiger partial charge in [-0.2, -0.15) is 5.26 Å². The number of carbonyl (C=O) groups excluding carboxylic acids is 1. The Morgan fingerprint density at radius 3 is 2.39 bits per heavy atom. The molecule has 0 unspecified atom stereocenters. The molecule has 23 heavy (non-hydrogen) atoms. The first-order valence-electron chi connectivity index (χ1n) is 6.55. The lowest BCUT2D eigenvalue weighted by Crippen LogP contribution is -2.11. The number of hydrogen-bond donors (Lipinski definition) is 0. The number of carbonyl (C=O) groups is 1. The van der Waals surface area contributed by atoms with E-state index in [1.54, 1.807) is 48.5 Å². The Hall–Kier alpha value is -2.98. The fourth-order valence-electron chi connectivity index (χ4n) is 1.72. The highest BCUT2D eigenvalue weighted by molar-refractivity contribution is 7.97. The molecule has 0 N–H and O–H groups in total. The second-order valence-electron chi connectivity index (χ2n) is 4.44. The molecule has 2 rings (SSSR count). The molecule has 0 heterocycles. The normalized spacial score (nSPS) is 10.8. The van der Waals surface area contributed by atoms with Gasteiger partial charge in [-0.15, -0.1) is 0 Å². The summed E-state index contributed by atoms with van der Waals surface area (Å²) in [6.07, 6.45) is 0. The lowest BCUT2D eigenvalue weighted by atomic mass is 10.1. The zero-order valence-corrected chi connectivity index (χ0v) is 12.7. The molecular formula is C16H11N3O3S. The van der Waals surface area contributed by atoms with E-state index in [0.29, 0.717) is 11.3 Å². The average molecular weight is 325 g/mol. The SMILES string of the molecule is N#C/C(=N\SCc1ccc([N+](=O)[O-])cc1)C(=O)c1ccccc1. The largest absolute Gasteiger partial charge is 0.286 e. The van der Waals surface area contributed by atoms with E-state index >= 15 is 0 Å². The van der Waals surface area contributed by atoms with Gasteiger partial charge in [0.2, 0.25) is 5.78 Å². The van der Waals surface area contributed by atoms with Gasteiger partial charge in [0.1, 0.15) is 6.07 Å². The molecule has 0 aliphatic rings. The fraction of sp³-hybridized carbons (Fsp3) is 0.0625. The van der Waals surface area contributed by atoms with Gasteiger partial charge in [-0.1, -0.05) is 42.5 Å². The smallest absolute Gasteiger partial charge is 0.269 e. The molecule has 2 aromatic carbocycles. The van der Waals surface area contributed by atoms with Crippen molar-refractivity contribution < 1.29 is 9.72 Å². The highest BCUT2D eigenvalue weighted by Gasteiger charge is 2.13. The number of nitrogens with zero attached hydrogens (tertiary/aromatic N) is 3. The number of hydrogen-bond acceptors (Lipinski definition) is 6. The molecule has 0 saturated heterocycles. The van der Waals surface area contributed by atoms with Crippen LogP contribution in [0.3, 0.4) is 0 Å². The van der Waals surface area contributed by atoms with E-state index in [-0.39, 0.29) is 11.4 Å². The topological polar surface area (TPSA) is 96.4 Å². The maximum atomic E-state index is 12.1. The minimum Gasteiger partial charge on any atom is -0.286 e. The van der Waals surface area contributed by atoms with Crippen LogP contribution in [0, 0.1) is 21.4 Å². The van der Waals surface area contributed by atoms with Crippen molar-refractivity contribution in [1.29, 1.82) is 5.26 Å². The number of ketones is 1. The molecule has 0 aliphatic carbocycles. The van der Waals surface area contributed by atoms with Gasteiger partial charge in [-0.05, 0) is 17.5 Å². The summed E-state index contributed by atoms with van der Waals surface area (Å²) in [5.41, 5.74) is 1.06. The molecule has 0 spiro atoms. The fourth-order valence-corrected chi connectivity index (χ4v) is 2.38. The van der Waals surface area contributed by atoms with Crippen molar-refractivity contribution in [2.45, 2.75) is 5.75 Å². The van der Waals surface area contributed by atoms with Gasteiger partial charge >= 0.3 is 0 Å². The molecule has 0 radical (unpaired) electrons. The van der Waals surface area contributed by atoms with Crippen molar-refractivity contribution in [2.24, 2.45) is 4.40 Å². The first-order chi connectivity index (χ1) is 11.1. The molecule has 0 saturated carbocycles. The molecule has 0 atom stereocenters. The van der Waals surface area contributed by atoms with Gasteiger partial charge < -0.3 is 0 Å². The molecule has 0 aliphatic heterocycles. The highest BCUT2D eigenvalue weighted by atomic mass is 32.2. The maximum absolute atomic E-state index is 12.1. The van der Waals surface area contributed by atoms with Gasteiger partial charge in [0.15, 0.2) is 5.71 Å². The maximum Gasteiger partial charge on any atom is 0.269 e. The van der Waals surface area contributed by atoms with Crippen LogP contribution in [0.2, 0.25) is 0 Å². The average Bonchev–Trinajstić information content (AvgIpc) is 2.59. The van der Waals surface area contributed by atoms with Crippen LogP contribution in [0.5, 0.6) is 0 Å². The Morgan fingerprint density at radius 1 is 1.17 bits per heavy atom. The number of rotatable bonds is 6.